The Kier molecular flexibility index (Phi) is 7.99. The highest BCUT2D eigenvalue weighted by Crippen LogP contribution is 2.67. The molecule has 2 aliphatic heterocycles. The summed E-state index contributed by atoms with van der Waals surface area (Å²) in [6.07, 6.45) is 0. The molecule has 2 spiro atoms. The van der Waals surface area contributed by atoms with Gasteiger partial charge in [-0.3, -0.25) is 0 Å². The molecule has 3 heterocycles. The molecule has 4 nitrogen and oxygen atoms in total. The fraction of sp³-hybridized carbons (Fsp3) is 0.0294. The summed E-state index contributed by atoms with van der Waals surface area (Å²) in [6, 6.07) is 93.3. The van der Waals surface area contributed by atoms with Gasteiger partial charge in [0.15, 0.2) is 0 Å². The molecule has 4 aliphatic rings. The number of fused-ring (bicyclic) bond motifs is 21. The summed E-state index contributed by atoms with van der Waals surface area (Å²) >= 11 is 0. The lowest BCUT2D eigenvalue weighted by Crippen LogP contribution is -2.32. The fourth-order valence-electron chi connectivity index (χ4n) is 13.5. The van der Waals surface area contributed by atoms with Gasteiger partial charge < -0.3 is 18.9 Å². The van der Waals surface area contributed by atoms with E-state index in [4.69, 9.17) is 9.47 Å². The maximum atomic E-state index is 6.79. The smallest absolute Gasteiger partial charge is 0.132 e. The Morgan fingerprint density at radius 2 is 0.708 bits per heavy atom. The zero-order valence-electron chi connectivity index (χ0n) is 39.0. The number of hydrogen-bond acceptors (Lipinski definition) is 3. The lowest BCUT2D eigenvalue weighted by Gasteiger charge is -2.40. The molecule has 0 unspecified atom stereocenters. The minimum absolute atomic E-state index is 0.642. The van der Waals surface area contributed by atoms with E-state index in [0.29, 0.717) is 0 Å². The molecule has 2 aliphatic carbocycles. The van der Waals surface area contributed by atoms with Crippen LogP contribution in [0.1, 0.15) is 44.5 Å². The van der Waals surface area contributed by atoms with Crippen LogP contribution in [0.15, 0.2) is 255 Å². The van der Waals surface area contributed by atoms with E-state index in [9.17, 15) is 0 Å². The molecule has 4 heteroatoms. The van der Waals surface area contributed by atoms with Crippen LogP contribution in [0.2, 0.25) is 0 Å². The molecule has 0 amide bonds. The van der Waals surface area contributed by atoms with Crippen LogP contribution in [0.5, 0.6) is 23.0 Å². The van der Waals surface area contributed by atoms with Crippen LogP contribution in [0.3, 0.4) is 0 Å². The van der Waals surface area contributed by atoms with Gasteiger partial charge >= 0.3 is 0 Å². The van der Waals surface area contributed by atoms with Gasteiger partial charge in [0.25, 0.3) is 0 Å². The first-order valence-corrected chi connectivity index (χ1v) is 24.8. The second kappa shape index (κ2) is 14.6. The van der Waals surface area contributed by atoms with E-state index in [2.05, 4.69) is 264 Å². The second-order valence-corrected chi connectivity index (χ2v) is 19.4. The van der Waals surface area contributed by atoms with E-state index in [-0.39, 0.29) is 0 Å². The number of hydrogen-bond donors (Lipinski definition) is 0. The van der Waals surface area contributed by atoms with Crippen LogP contribution in [0.25, 0.3) is 49.7 Å². The summed E-state index contributed by atoms with van der Waals surface area (Å²) in [7, 11) is 0. The molecular formula is C68H42N2O2. The predicted molar refractivity (Wildman–Crippen MR) is 290 cm³/mol. The van der Waals surface area contributed by atoms with Crippen LogP contribution in [-0.4, -0.2) is 4.57 Å². The molecule has 1 aromatic heterocycles. The highest BCUT2D eigenvalue weighted by atomic mass is 16.5. The van der Waals surface area contributed by atoms with Gasteiger partial charge in [-0.15, -0.1) is 0 Å². The van der Waals surface area contributed by atoms with Crippen molar-refractivity contribution >= 4 is 38.9 Å². The second-order valence-electron chi connectivity index (χ2n) is 19.4. The monoisotopic (exact) mass is 918 g/mol. The molecule has 0 saturated heterocycles. The maximum Gasteiger partial charge on any atom is 0.132 e. The third-order valence-corrected chi connectivity index (χ3v) is 16.1. The van der Waals surface area contributed by atoms with Gasteiger partial charge in [0.2, 0.25) is 0 Å². The normalized spacial score (nSPS) is 14.3. The van der Waals surface area contributed by atoms with Gasteiger partial charge in [0, 0.05) is 55.5 Å². The fourth-order valence-corrected chi connectivity index (χ4v) is 13.5. The van der Waals surface area contributed by atoms with Gasteiger partial charge in [-0.1, -0.05) is 182 Å². The third-order valence-electron chi connectivity index (χ3n) is 16.1. The lowest BCUT2D eigenvalue weighted by molar-refractivity contribution is 0.436. The van der Waals surface area contributed by atoms with Crippen molar-refractivity contribution in [2.75, 3.05) is 4.90 Å². The summed E-state index contributed by atoms with van der Waals surface area (Å²) in [5.41, 5.74) is 19.8. The summed E-state index contributed by atoms with van der Waals surface area (Å²) in [6.45, 7) is 0. The molecule has 0 bridgehead atoms. The summed E-state index contributed by atoms with van der Waals surface area (Å²) < 4.78 is 16.0. The molecule has 0 radical (unpaired) electrons. The van der Waals surface area contributed by atoms with E-state index >= 15 is 0 Å². The van der Waals surface area contributed by atoms with Crippen molar-refractivity contribution in [2.24, 2.45) is 0 Å². The average molecular weight is 919 g/mol. The predicted octanol–water partition coefficient (Wildman–Crippen LogP) is 17.2. The number of rotatable bonds is 4. The Hall–Kier alpha value is -9.38. The minimum atomic E-state index is -0.642. The molecule has 16 rings (SSSR count). The van der Waals surface area contributed by atoms with Crippen LogP contribution in [0, 0.1) is 0 Å². The zero-order chi connectivity index (χ0) is 47.1. The van der Waals surface area contributed by atoms with Gasteiger partial charge in [-0.25, -0.2) is 0 Å². The van der Waals surface area contributed by atoms with Crippen molar-refractivity contribution in [3.8, 4) is 50.9 Å². The Bertz CT molecular complexity index is 3970. The van der Waals surface area contributed by atoms with Gasteiger partial charge in [0.05, 0.1) is 33.2 Å². The van der Waals surface area contributed by atoms with Crippen molar-refractivity contribution < 1.29 is 9.47 Å². The molecule has 0 fully saturated rings. The molecule has 72 heavy (non-hydrogen) atoms. The zero-order valence-corrected chi connectivity index (χ0v) is 39.0. The standard InChI is InChI=1S/C68H42N2O2/c1-2-20-43(21-3-1)69-57-33-13-6-22-45(57)48-42-44(40-41-58(48)69)70(59-34-18-31-55-65(59)46-23-4-7-25-49(46)67(55)51-27-9-14-36-61(51)71-62-37-15-10-28-52(62)67)60-35-19-32-56-66(60)47-24-5-8-26-50(47)68(56)53-29-11-16-38-63(53)72-64-39-17-12-30-54(64)68/h1-42H. The summed E-state index contributed by atoms with van der Waals surface area (Å²) in [4.78, 5) is 2.58. The van der Waals surface area contributed by atoms with Crippen LogP contribution < -0.4 is 14.4 Å². The van der Waals surface area contributed by atoms with Crippen LogP contribution >= 0.6 is 0 Å². The molecule has 11 aromatic carbocycles. The Morgan fingerprint density at radius 1 is 0.306 bits per heavy atom. The van der Waals surface area contributed by atoms with Crippen molar-refractivity contribution in [1.29, 1.82) is 0 Å². The summed E-state index contributed by atoms with van der Waals surface area (Å²) in [5, 5.41) is 2.39. The Morgan fingerprint density at radius 3 is 1.22 bits per heavy atom. The Labute approximate surface area is 416 Å². The minimum Gasteiger partial charge on any atom is -0.457 e. The molecule has 0 saturated carbocycles. The first kappa shape index (κ1) is 39.5. The molecule has 336 valence electrons. The van der Waals surface area contributed by atoms with E-state index in [1.807, 2.05) is 0 Å². The first-order chi connectivity index (χ1) is 35.7. The van der Waals surface area contributed by atoms with E-state index < -0.39 is 10.8 Å². The number of para-hydroxylation sites is 6. The topological polar surface area (TPSA) is 26.6 Å². The number of aromatic nitrogens is 1. The Balaban J connectivity index is 1.04. The average Bonchev–Trinajstić information content (AvgIpc) is 4.05. The number of anilines is 3. The van der Waals surface area contributed by atoms with E-state index in [1.54, 1.807) is 0 Å². The largest absolute Gasteiger partial charge is 0.457 e. The SMILES string of the molecule is c1ccc(-n2c3ccccc3c3cc(N(c4cccc5c4-c4ccccc4C54c5ccccc5Oc5ccccc54)c4cccc5c4-c4ccccc4C54c5ccccc5Oc5ccccc54)ccc32)cc1. The molecule has 0 N–H and O–H groups in total. The van der Waals surface area contributed by atoms with Gasteiger partial charge in [-0.05, 0) is 106 Å². The molecule has 0 atom stereocenters. The highest BCUT2D eigenvalue weighted by molar-refractivity contribution is 6.12. The quantitative estimate of drug-likeness (QED) is 0.176. The maximum absolute atomic E-state index is 6.79. The van der Waals surface area contributed by atoms with Crippen molar-refractivity contribution in [2.45, 2.75) is 10.8 Å². The van der Waals surface area contributed by atoms with Crippen LogP contribution in [0.4, 0.5) is 17.1 Å². The van der Waals surface area contributed by atoms with Crippen molar-refractivity contribution in [3.05, 3.63) is 299 Å². The van der Waals surface area contributed by atoms with Gasteiger partial charge in [-0.2, -0.15) is 0 Å². The molecular weight excluding hydrogens is 877 g/mol. The summed E-state index contributed by atoms with van der Waals surface area (Å²) in [5.74, 6) is 3.50. The van der Waals surface area contributed by atoms with Crippen molar-refractivity contribution in [1.82, 2.24) is 4.57 Å². The molecule has 12 aromatic rings. The van der Waals surface area contributed by atoms with Crippen molar-refractivity contribution in [3.63, 3.8) is 0 Å². The first-order valence-electron chi connectivity index (χ1n) is 24.8. The highest BCUT2D eigenvalue weighted by Gasteiger charge is 2.54. The lowest BCUT2D eigenvalue weighted by atomic mass is 9.66. The van der Waals surface area contributed by atoms with Gasteiger partial charge in [0.1, 0.15) is 23.0 Å². The number of nitrogens with zero attached hydrogens (tertiary/aromatic N) is 2. The van der Waals surface area contributed by atoms with E-state index in [1.165, 1.54) is 60.8 Å². The van der Waals surface area contributed by atoms with E-state index in [0.717, 1.165) is 73.5 Å². The third kappa shape index (κ3) is 4.95. The number of benzene rings is 11. The van der Waals surface area contributed by atoms with Crippen LogP contribution in [-0.2, 0) is 10.8 Å². The number of ether oxygens (including phenoxy) is 2.